The SMILES string of the molecule is CCNC(=NCCCC(=O)N1CCc2ccccc2C1)N1CCC(CN2CCCCC2)C1.I. The molecular formula is C26H42IN5O. The summed E-state index contributed by atoms with van der Waals surface area (Å²) in [5.41, 5.74) is 2.69. The van der Waals surface area contributed by atoms with Crippen molar-refractivity contribution in [3.63, 3.8) is 0 Å². The number of likely N-dealkylation sites (tertiary alicyclic amines) is 2. The molecule has 1 amide bonds. The molecule has 1 aromatic rings. The van der Waals surface area contributed by atoms with Gasteiger partial charge in [-0.15, -0.1) is 24.0 Å². The summed E-state index contributed by atoms with van der Waals surface area (Å²) in [6, 6.07) is 8.49. The molecule has 1 atom stereocenters. The van der Waals surface area contributed by atoms with Crippen molar-refractivity contribution in [2.24, 2.45) is 10.9 Å². The fraction of sp³-hybridized carbons (Fsp3) is 0.692. The monoisotopic (exact) mass is 567 g/mol. The van der Waals surface area contributed by atoms with Crippen LogP contribution in [0.3, 0.4) is 0 Å². The number of carbonyl (C=O) groups excluding carboxylic acids is 1. The number of nitrogens with zero attached hydrogens (tertiary/aromatic N) is 4. The number of fused-ring (bicyclic) bond motifs is 1. The van der Waals surface area contributed by atoms with Gasteiger partial charge in [0.25, 0.3) is 0 Å². The van der Waals surface area contributed by atoms with Gasteiger partial charge in [0.1, 0.15) is 0 Å². The molecule has 0 aliphatic carbocycles. The van der Waals surface area contributed by atoms with Crippen molar-refractivity contribution in [3.8, 4) is 0 Å². The predicted octanol–water partition coefficient (Wildman–Crippen LogP) is 3.74. The fourth-order valence-electron chi connectivity index (χ4n) is 5.39. The van der Waals surface area contributed by atoms with Crippen molar-refractivity contribution >= 4 is 35.8 Å². The highest BCUT2D eigenvalue weighted by Gasteiger charge is 2.27. The Morgan fingerprint density at radius 2 is 1.85 bits per heavy atom. The van der Waals surface area contributed by atoms with E-state index in [-0.39, 0.29) is 29.9 Å². The van der Waals surface area contributed by atoms with E-state index in [0.29, 0.717) is 13.0 Å². The van der Waals surface area contributed by atoms with Gasteiger partial charge < -0.3 is 20.0 Å². The molecule has 0 aromatic heterocycles. The Morgan fingerprint density at radius 1 is 1.06 bits per heavy atom. The molecule has 3 aliphatic heterocycles. The largest absolute Gasteiger partial charge is 0.357 e. The standard InChI is InChI=1S/C26H41N5O.HI/c1-2-27-26(31-17-12-22(20-31)19-29-15-6-3-7-16-29)28-14-8-11-25(32)30-18-13-23-9-4-5-10-24(23)21-30;/h4-5,9-10,22H,2-3,6-8,11-21H2,1H3,(H,27,28);1H. The quantitative estimate of drug-likeness (QED) is 0.236. The normalized spacial score (nSPS) is 21.5. The minimum atomic E-state index is 0. The Labute approximate surface area is 217 Å². The van der Waals surface area contributed by atoms with Crippen molar-refractivity contribution in [2.45, 2.75) is 58.4 Å². The third-order valence-electron chi connectivity index (χ3n) is 7.18. The number of piperidine rings is 1. The molecule has 0 radical (unpaired) electrons. The summed E-state index contributed by atoms with van der Waals surface area (Å²) in [4.78, 5) is 24.7. The van der Waals surface area contributed by atoms with Gasteiger partial charge in [-0.25, -0.2) is 0 Å². The van der Waals surface area contributed by atoms with Crippen molar-refractivity contribution < 1.29 is 4.79 Å². The van der Waals surface area contributed by atoms with E-state index in [1.165, 1.54) is 56.4 Å². The predicted molar refractivity (Wildman–Crippen MR) is 146 cm³/mol. The maximum atomic E-state index is 12.7. The second kappa shape index (κ2) is 13.5. The van der Waals surface area contributed by atoms with Crippen LogP contribution in [-0.4, -0.2) is 78.9 Å². The molecule has 2 saturated heterocycles. The van der Waals surface area contributed by atoms with Gasteiger partial charge in [0.2, 0.25) is 5.91 Å². The molecule has 6 nitrogen and oxygen atoms in total. The highest BCUT2D eigenvalue weighted by Crippen LogP contribution is 2.21. The highest BCUT2D eigenvalue weighted by molar-refractivity contribution is 14.0. The van der Waals surface area contributed by atoms with Crippen LogP contribution in [0.4, 0.5) is 0 Å². The van der Waals surface area contributed by atoms with Gasteiger partial charge in [-0.2, -0.15) is 0 Å². The third kappa shape index (κ3) is 7.57. The van der Waals surface area contributed by atoms with Crippen molar-refractivity contribution in [1.82, 2.24) is 20.0 Å². The zero-order valence-electron chi connectivity index (χ0n) is 20.3. The van der Waals surface area contributed by atoms with E-state index in [9.17, 15) is 4.79 Å². The molecule has 1 N–H and O–H groups in total. The minimum absolute atomic E-state index is 0. The summed E-state index contributed by atoms with van der Waals surface area (Å²) in [7, 11) is 0. The molecule has 3 heterocycles. The van der Waals surface area contributed by atoms with Crippen LogP contribution in [0.5, 0.6) is 0 Å². The summed E-state index contributed by atoms with van der Waals surface area (Å²) in [5.74, 6) is 2.05. The van der Waals surface area contributed by atoms with E-state index in [1.54, 1.807) is 0 Å². The lowest BCUT2D eigenvalue weighted by Gasteiger charge is -2.29. The number of aliphatic imine (C=N–C) groups is 1. The van der Waals surface area contributed by atoms with Crippen LogP contribution in [0.2, 0.25) is 0 Å². The van der Waals surface area contributed by atoms with Gasteiger partial charge in [-0.05, 0) is 69.2 Å². The molecule has 0 saturated carbocycles. The Balaban J connectivity index is 0.00000306. The first-order valence-corrected chi connectivity index (χ1v) is 12.8. The molecule has 1 unspecified atom stereocenters. The molecule has 184 valence electrons. The van der Waals surface area contributed by atoms with Gasteiger partial charge in [0.15, 0.2) is 5.96 Å². The highest BCUT2D eigenvalue weighted by atomic mass is 127. The van der Waals surface area contributed by atoms with Crippen molar-refractivity contribution in [3.05, 3.63) is 35.4 Å². The summed E-state index contributed by atoms with van der Waals surface area (Å²) in [5, 5.41) is 3.48. The van der Waals surface area contributed by atoms with Crippen LogP contribution in [0.25, 0.3) is 0 Å². The summed E-state index contributed by atoms with van der Waals surface area (Å²) < 4.78 is 0. The smallest absolute Gasteiger partial charge is 0.222 e. The second-order valence-corrected chi connectivity index (χ2v) is 9.64. The molecule has 0 spiro atoms. The maximum absolute atomic E-state index is 12.7. The molecule has 0 bridgehead atoms. The van der Waals surface area contributed by atoms with Crippen LogP contribution in [-0.2, 0) is 17.8 Å². The lowest BCUT2D eigenvalue weighted by molar-refractivity contribution is -0.132. The summed E-state index contributed by atoms with van der Waals surface area (Å²) in [6.07, 6.45) is 7.76. The third-order valence-corrected chi connectivity index (χ3v) is 7.18. The van der Waals surface area contributed by atoms with Crippen LogP contribution in [0.15, 0.2) is 29.3 Å². The number of amides is 1. The van der Waals surface area contributed by atoms with E-state index in [0.717, 1.165) is 57.4 Å². The number of halogens is 1. The second-order valence-electron chi connectivity index (χ2n) is 9.64. The zero-order chi connectivity index (χ0) is 22.2. The number of guanidine groups is 1. The first-order chi connectivity index (χ1) is 15.7. The molecule has 4 rings (SSSR count). The van der Waals surface area contributed by atoms with Crippen LogP contribution in [0.1, 0.15) is 56.6 Å². The first-order valence-electron chi connectivity index (χ1n) is 12.8. The zero-order valence-corrected chi connectivity index (χ0v) is 22.6. The molecule has 3 aliphatic rings. The number of hydrogen-bond donors (Lipinski definition) is 1. The number of nitrogens with one attached hydrogen (secondary N) is 1. The van der Waals surface area contributed by atoms with Crippen LogP contribution in [0, 0.1) is 5.92 Å². The average Bonchev–Trinajstić information content (AvgIpc) is 3.29. The van der Waals surface area contributed by atoms with E-state index in [2.05, 4.69) is 46.3 Å². The summed E-state index contributed by atoms with van der Waals surface area (Å²) >= 11 is 0. The molecule has 1 aromatic carbocycles. The van der Waals surface area contributed by atoms with Crippen LogP contribution >= 0.6 is 24.0 Å². The number of benzene rings is 1. The topological polar surface area (TPSA) is 51.2 Å². The van der Waals surface area contributed by atoms with Gasteiger partial charge in [-0.3, -0.25) is 9.79 Å². The van der Waals surface area contributed by atoms with E-state index >= 15 is 0 Å². The maximum Gasteiger partial charge on any atom is 0.222 e. The van der Waals surface area contributed by atoms with Gasteiger partial charge in [0.05, 0.1) is 0 Å². The molecule has 33 heavy (non-hydrogen) atoms. The Kier molecular flexibility index (Phi) is 10.8. The summed E-state index contributed by atoms with van der Waals surface area (Å²) in [6.45, 7) is 11.3. The van der Waals surface area contributed by atoms with Gasteiger partial charge >= 0.3 is 0 Å². The molecule has 2 fully saturated rings. The van der Waals surface area contributed by atoms with E-state index in [1.807, 2.05) is 4.90 Å². The lowest BCUT2D eigenvalue weighted by Crippen LogP contribution is -2.41. The van der Waals surface area contributed by atoms with E-state index < -0.39 is 0 Å². The Hall–Kier alpha value is -1.35. The fourth-order valence-corrected chi connectivity index (χ4v) is 5.39. The number of hydrogen-bond acceptors (Lipinski definition) is 3. The minimum Gasteiger partial charge on any atom is -0.357 e. The lowest BCUT2D eigenvalue weighted by atomic mass is 9.99. The Morgan fingerprint density at radius 3 is 2.64 bits per heavy atom. The molecule has 7 heteroatoms. The Bertz CT molecular complexity index is 780. The first kappa shape index (κ1) is 26.3. The number of carbonyl (C=O) groups is 1. The van der Waals surface area contributed by atoms with Crippen LogP contribution < -0.4 is 5.32 Å². The van der Waals surface area contributed by atoms with Gasteiger partial charge in [0, 0.05) is 52.2 Å². The molecular weight excluding hydrogens is 525 g/mol. The van der Waals surface area contributed by atoms with E-state index in [4.69, 9.17) is 4.99 Å². The van der Waals surface area contributed by atoms with Crippen molar-refractivity contribution in [1.29, 1.82) is 0 Å². The van der Waals surface area contributed by atoms with Crippen molar-refractivity contribution in [2.75, 3.05) is 52.4 Å². The van der Waals surface area contributed by atoms with Gasteiger partial charge in [-0.1, -0.05) is 30.7 Å². The number of rotatable bonds is 7. The average molecular weight is 568 g/mol.